The molecule has 0 saturated carbocycles. The standard InChI is InChI=1S/C22H22F3NO/c23-19-10-5-11-20(27-22(24)25)21(19)16-12-17-8-4-9-18(13-16)26(17)14-15-6-2-1-3-7-15/h1-3,5-7,10-12,17-18,22H,4,8-9,13-14H2. The zero-order valence-electron chi connectivity index (χ0n) is 15.0. The van der Waals surface area contributed by atoms with Crippen LogP contribution in [0.4, 0.5) is 13.2 Å². The first-order chi connectivity index (χ1) is 13.1. The Morgan fingerprint density at radius 1 is 1.04 bits per heavy atom. The number of alkyl halides is 2. The fourth-order valence-electron chi connectivity index (χ4n) is 4.35. The van der Waals surface area contributed by atoms with E-state index in [0.29, 0.717) is 6.42 Å². The third kappa shape index (κ3) is 3.88. The van der Waals surface area contributed by atoms with Gasteiger partial charge >= 0.3 is 6.61 Å². The van der Waals surface area contributed by atoms with E-state index >= 15 is 0 Å². The summed E-state index contributed by atoms with van der Waals surface area (Å²) in [6, 6.07) is 14.9. The number of ether oxygens (including phenoxy) is 1. The molecule has 0 amide bonds. The van der Waals surface area contributed by atoms with Crippen molar-refractivity contribution in [2.75, 3.05) is 0 Å². The molecule has 2 heterocycles. The normalized spacial score (nSPS) is 22.6. The minimum absolute atomic E-state index is 0.0779. The highest BCUT2D eigenvalue weighted by atomic mass is 19.3. The topological polar surface area (TPSA) is 12.5 Å². The number of piperidine rings is 1. The summed E-state index contributed by atoms with van der Waals surface area (Å²) in [6.07, 6.45) is 5.84. The molecule has 0 aromatic heterocycles. The van der Waals surface area contributed by atoms with Gasteiger partial charge in [-0.05, 0) is 42.5 Å². The third-order valence-electron chi connectivity index (χ3n) is 5.50. The van der Waals surface area contributed by atoms with Gasteiger partial charge in [0.15, 0.2) is 0 Å². The van der Waals surface area contributed by atoms with Crippen LogP contribution in [0, 0.1) is 5.82 Å². The summed E-state index contributed by atoms with van der Waals surface area (Å²) >= 11 is 0. The summed E-state index contributed by atoms with van der Waals surface area (Å²) < 4.78 is 44.6. The van der Waals surface area contributed by atoms with Crippen LogP contribution in [0.15, 0.2) is 54.6 Å². The number of hydrogen-bond donors (Lipinski definition) is 0. The third-order valence-corrected chi connectivity index (χ3v) is 5.50. The van der Waals surface area contributed by atoms with Crippen LogP contribution in [0.5, 0.6) is 5.75 Å². The molecule has 0 spiro atoms. The van der Waals surface area contributed by atoms with Gasteiger partial charge in [-0.1, -0.05) is 48.9 Å². The minimum atomic E-state index is -2.97. The van der Waals surface area contributed by atoms with Gasteiger partial charge in [0.25, 0.3) is 0 Å². The smallest absolute Gasteiger partial charge is 0.387 e. The predicted molar refractivity (Wildman–Crippen MR) is 99.0 cm³/mol. The van der Waals surface area contributed by atoms with Gasteiger partial charge in [0, 0.05) is 18.6 Å². The molecule has 5 heteroatoms. The molecule has 27 heavy (non-hydrogen) atoms. The molecule has 142 valence electrons. The molecule has 2 aliphatic rings. The molecule has 0 N–H and O–H groups in total. The summed E-state index contributed by atoms with van der Waals surface area (Å²) in [4.78, 5) is 2.46. The van der Waals surface area contributed by atoms with Crippen LogP contribution >= 0.6 is 0 Å². The van der Waals surface area contributed by atoms with Gasteiger partial charge in [-0.2, -0.15) is 8.78 Å². The fraction of sp³-hybridized carbons (Fsp3) is 0.364. The minimum Gasteiger partial charge on any atom is -0.434 e. The van der Waals surface area contributed by atoms with Crippen LogP contribution < -0.4 is 4.74 Å². The van der Waals surface area contributed by atoms with Crippen molar-refractivity contribution in [1.82, 2.24) is 4.90 Å². The maximum atomic E-state index is 14.5. The van der Waals surface area contributed by atoms with Gasteiger partial charge in [0.2, 0.25) is 0 Å². The lowest BCUT2D eigenvalue weighted by Crippen LogP contribution is -2.47. The van der Waals surface area contributed by atoms with Crippen LogP contribution in [0.2, 0.25) is 0 Å². The average molecular weight is 373 g/mol. The van der Waals surface area contributed by atoms with Crippen molar-refractivity contribution < 1.29 is 17.9 Å². The quantitative estimate of drug-likeness (QED) is 0.673. The highest BCUT2D eigenvalue weighted by molar-refractivity contribution is 5.73. The van der Waals surface area contributed by atoms with Gasteiger partial charge in [0.05, 0.1) is 5.56 Å². The van der Waals surface area contributed by atoms with Crippen molar-refractivity contribution in [3.63, 3.8) is 0 Å². The molecule has 0 aliphatic carbocycles. The molecule has 2 aliphatic heterocycles. The van der Waals surface area contributed by atoms with Crippen LogP contribution in [-0.4, -0.2) is 23.6 Å². The molecule has 1 fully saturated rings. The molecular weight excluding hydrogens is 351 g/mol. The number of nitrogens with zero attached hydrogens (tertiary/aromatic N) is 1. The Kier molecular flexibility index (Phi) is 5.21. The second-order valence-electron chi connectivity index (χ2n) is 7.20. The lowest BCUT2D eigenvalue weighted by molar-refractivity contribution is -0.0502. The highest BCUT2D eigenvalue weighted by Gasteiger charge is 2.35. The number of hydrogen-bond acceptors (Lipinski definition) is 2. The average Bonchev–Trinajstić information content (AvgIpc) is 2.62. The van der Waals surface area contributed by atoms with Crippen molar-refractivity contribution in [3.05, 3.63) is 71.6 Å². The lowest BCUT2D eigenvalue weighted by atomic mass is 9.82. The van der Waals surface area contributed by atoms with Crippen molar-refractivity contribution in [2.24, 2.45) is 0 Å². The monoisotopic (exact) mass is 373 g/mol. The van der Waals surface area contributed by atoms with Crippen molar-refractivity contribution in [2.45, 2.75) is 50.9 Å². The Bertz CT molecular complexity index is 822. The van der Waals surface area contributed by atoms with Gasteiger partial charge in [-0.25, -0.2) is 4.39 Å². The molecule has 2 aromatic rings. The summed E-state index contributed by atoms with van der Waals surface area (Å²) in [5.41, 5.74) is 2.22. The van der Waals surface area contributed by atoms with Gasteiger partial charge in [-0.15, -0.1) is 0 Å². The summed E-state index contributed by atoms with van der Waals surface area (Å²) in [6.45, 7) is -2.12. The molecule has 1 saturated heterocycles. The molecule has 2 bridgehead atoms. The van der Waals surface area contributed by atoms with E-state index in [1.165, 1.54) is 23.8 Å². The molecule has 2 unspecified atom stereocenters. The first-order valence-electron chi connectivity index (χ1n) is 9.36. The van der Waals surface area contributed by atoms with Crippen LogP contribution in [0.25, 0.3) is 5.57 Å². The Morgan fingerprint density at radius 3 is 2.59 bits per heavy atom. The van der Waals surface area contributed by atoms with E-state index < -0.39 is 12.4 Å². The van der Waals surface area contributed by atoms with Crippen molar-refractivity contribution >= 4 is 5.57 Å². The zero-order valence-corrected chi connectivity index (χ0v) is 15.0. The number of benzene rings is 2. The van der Waals surface area contributed by atoms with Gasteiger partial charge in [0.1, 0.15) is 11.6 Å². The highest BCUT2D eigenvalue weighted by Crippen LogP contribution is 2.41. The molecule has 2 aromatic carbocycles. The summed E-state index contributed by atoms with van der Waals surface area (Å²) in [7, 11) is 0. The summed E-state index contributed by atoms with van der Waals surface area (Å²) in [5, 5.41) is 0. The van der Waals surface area contributed by atoms with Crippen LogP contribution in [0.1, 0.15) is 36.8 Å². The molecule has 0 radical (unpaired) electrons. The van der Waals surface area contributed by atoms with Crippen LogP contribution in [-0.2, 0) is 6.54 Å². The maximum Gasteiger partial charge on any atom is 0.387 e. The van der Waals surface area contributed by atoms with E-state index in [1.54, 1.807) is 0 Å². The number of rotatable bonds is 5. The predicted octanol–water partition coefficient (Wildman–Crippen LogP) is 5.64. The van der Waals surface area contributed by atoms with Crippen molar-refractivity contribution in [1.29, 1.82) is 0 Å². The second kappa shape index (κ2) is 7.77. The molecule has 2 nitrogen and oxygen atoms in total. The van der Waals surface area contributed by atoms with E-state index in [-0.39, 0.29) is 23.4 Å². The SMILES string of the molecule is Fc1cccc(OC(F)F)c1C1=CC2CCCC(C1)N2Cc1ccccc1. The lowest BCUT2D eigenvalue weighted by Gasteiger charge is -2.45. The number of fused-ring (bicyclic) bond motifs is 2. The Labute approximate surface area is 157 Å². The second-order valence-corrected chi connectivity index (χ2v) is 7.20. The van der Waals surface area contributed by atoms with E-state index in [9.17, 15) is 13.2 Å². The first kappa shape index (κ1) is 18.1. The molecule has 4 rings (SSSR count). The van der Waals surface area contributed by atoms with E-state index in [0.717, 1.165) is 31.4 Å². The molecular formula is C22H22F3NO. The largest absolute Gasteiger partial charge is 0.434 e. The van der Waals surface area contributed by atoms with E-state index in [4.69, 9.17) is 0 Å². The number of halogens is 3. The molecule has 2 atom stereocenters. The summed E-state index contributed by atoms with van der Waals surface area (Å²) in [5.74, 6) is -0.584. The Morgan fingerprint density at radius 2 is 1.85 bits per heavy atom. The van der Waals surface area contributed by atoms with E-state index in [1.807, 2.05) is 18.2 Å². The maximum absolute atomic E-state index is 14.5. The fourth-order valence-corrected chi connectivity index (χ4v) is 4.35. The zero-order chi connectivity index (χ0) is 18.8. The van der Waals surface area contributed by atoms with Gasteiger partial charge < -0.3 is 4.74 Å². The van der Waals surface area contributed by atoms with Gasteiger partial charge in [-0.3, -0.25) is 4.90 Å². The Balaban J connectivity index is 1.65. The van der Waals surface area contributed by atoms with Crippen molar-refractivity contribution in [3.8, 4) is 5.75 Å². The Hall–Kier alpha value is -2.27. The van der Waals surface area contributed by atoms with E-state index in [2.05, 4.69) is 27.8 Å². The first-order valence-corrected chi connectivity index (χ1v) is 9.36. The van der Waals surface area contributed by atoms with Crippen LogP contribution in [0.3, 0.4) is 0 Å².